The summed E-state index contributed by atoms with van der Waals surface area (Å²) in [6.45, 7) is 4.08. The first-order valence-electron chi connectivity index (χ1n) is 13.8. The lowest BCUT2D eigenvalue weighted by Gasteiger charge is -2.08. The van der Waals surface area contributed by atoms with Gasteiger partial charge in [0.05, 0.1) is 31.8 Å². The Balaban J connectivity index is 0.000000142. The Morgan fingerprint density at radius 2 is 0.909 bits per heavy atom. The normalized spacial score (nSPS) is 11.1. The van der Waals surface area contributed by atoms with Gasteiger partial charge in [0, 0.05) is 23.8 Å². The minimum absolute atomic E-state index is 0.253. The summed E-state index contributed by atoms with van der Waals surface area (Å²) in [5.41, 5.74) is 8.12. The summed E-state index contributed by atoms with van der Waals surface area (Å²) in [6.07, 6.45) is 3.72. The summed E-state index contributed by atoms with van der Waals surface area (Å²) in [5.74, 6) is 2.27. The SMILES string of the molecule is Cc1cnsc1-c1nc2ccccc2n1-c1ccc(O)cc1.Cc1cnsc1-c1nc2ccccc2n1-c1ccc(O)cc1. The molecule has 0 aliphatic carbocycles. The second-order valence-electron chi connectivity index (χ2n) is 10.2. The topological polar surface area (TPSA) is 102 Å². The van der Waals surface area contributed by atoms with Crippen molar-refractivity contribution in [3.05, 3.63) is 121 Å². The van der Waals surface area contributed by atoms with E-state index in [2.05, 4.69) is 30.0 Å². The number of aromatic nitrogens is 6. The Hall–Kier alpha value is -5.32. The van der Waals surface area contributed by atoms with E-state index in [0.717, 1.165) is 66.0 Å². The van der Waals surface area contributed by atoms with E-state index in [9.17, 15) is 10.2 Å². The van der Waals surface area contributed by atoms with Crippen LogP contribution in [-0.4, -0.2) is 38.1 Å². The number of phenols is 2. The predicted octanol–water partition coefficient (Wildman–Crippen LogP) is 8.33. The van der Waals surface area contributed by atoms with Gasteiger partial charge in [-0.3, -0.25) is 9.13 Å². The molecular formula is C34H26N6O2S2. The molecule has 4 aromatic carbocycles. The van der Waals surface area contributed by atoms with Crippen molar-refractivity contribution in [2.24, 2.45) is 0 Å². The molecule has 2 N–H and O–H groups in total. The van der Waals surface area contributed by atoms with Gasteiger partial charge in [0.1, 0.15) is 11.5 Å². The smallest absolute Gasteiger partial charge is 0.157 e. The van der Waals surface area contributed by atoms with Crippen molar-refractivity contribution in [3.63, 3.8) is 0 Å². The van der Waals surface area contributed by atoms with Crippen LogP contribution >= 0.6 is 23.1 Å². The number of aromatic hydroxyl groups is 2. The Morgan fingerprint density at radius 3 is 1.27 bits per heavy atom. The van der Waals surface area contributed by atoms with Gasteiger partial charge < -0.3 is 10.2 Å². The average molecular weight is 615 g/mol. The van der Waals surface area contributed by atoms with Crippen LogP contribution < -0.4 is 0 Å². The first-order chi connectivity index (χ1) is 21.5. The van der Waals surface area contributed by atoms with Gasteiger partial charge in [0.2, 0.25) is 0 Å². The fourth-order valence-corrected chi connectivity index (χ4v) is 6.56. The number of benzene rings is 4. The van der Waals surface area contributed by atoms with Crippen LogP contribution in [0.1, 0.15) is 11.1 Å². The molecule has 4 heterocycles. The van der Waals surface area contributed by atoms with Crippen LogP contribution in [0.15, 0.2) is 109 Å². The van der Waals surface area contributed by atoms with Gasteiger partial charge in [-0.1, -0.05) is 24.3 Å². The molecule has 4 aromatic heterocycles. The molecular weight excluding hydrogens is 589 g/mol. The molecule has 0 amide bonds. The molecule has 10 heteroatoms. The Bertz CT molecular complexity index is 2070. The molecule has 8 nitrogen and oxygen atoms in total. The van der Waals surface area contributed by atoms with E-state index >= 15 is 0 Å². The monoisotopic (exact) mass is 614 g/mol. The quantitative estimate of drug-likeness (QED) is 0.207. The van der Waals surface area contributed by atoms with Gasteiger partial charge in [-0.15, -0.1) is 0 Å². The number of rotatable bonds is 4. The molecule has 44 heavy (non-hydrogen) atoms. The molecule has 0 unspecified atom stereocenters. The highest BCUT2D eigenvalue weighted by atomic mass is 32.1. The molecule has 0 aliphatic rings. The summed E-state index contributed by atoms with van der Waals surface area (Å²) in [7, 11) is 0. The highest BCUT2D eigenvalue weighted by Gasteiger charge is 2.18. The zero-order chi connectivity index (χ0) is 30.2. The van der Waals surface area contributed by atoms with Gasteiger partial charge in [-0.05, 0) is 121 Å². The van der Waals surface area contributed by atoms with E-state index in [1.165, 1.54) is 23.1 Å². The van der Waals surface area contributed by atoms with Gasteiger partial charge in [-0.25, -0.2) is 18.7 Å². The van der Waals surface area contributed by atoms with Crippen molar-refractivity contribution in [3.8, 4) is 44.3 Å². The first kappa shape index (κ1) is 27.5. The Morgan fingerprint density at radius 1 is 0.523 bits per heavy atom. The maximum Gasteiger partial charge on any atom is 0.157 e. The fraction of sp³-hybridized carbons (Fsp3) is 0.0588. The zero-order valence-corrected chi connectivity index (χ0v) is 25.4. The highest BCUT2D eigenvalue weighted by Crippen LogP contribution is 2.34. The molecule has 216 valence electrons. The minimum Gasteiger partial charge on any atom is -0.508 e. The van der Waals surface area contributed by atoms with Crippen LogP contribution in [0, 0.1) is 13.8 Å². The number of hydrogen-bond acceptors (Lipinski definition) is 8. The molecule has 8 aromatic rings. The fourth-order valence-electron chi connectivity index (χ4n) is 5.09. The van der Waals surface area contributed by atoms with Crippen molar-refractivity contribution in [1.29, 1.82) is 0 Å². The molecule has 0 spiro atoms. The number of nitrogens with zero attached hydrogens (tertiary/aromatic N) is 6. The molecule has 8 rings (SSSR count). The number of imidazole rings is 2. The van der Waals surface area contributed by atoms with Crippen LogP contribution in [0.4, 0.5) is 0 Å². The van der Waals surface area contributed by atoms with E-state index in [-0.39, 0.29) is 11.5 Å². The van der Waals surface area contributed by atoms with Gasteiger partial charge in [0.15, 0.2) is 11.6 Å². The second-order valence-corrected chi connectivity index (χ2v) is 11.8. The summed E-state index contributed by atoms with van der Waals surface area (Å²) in [5, 5.41) is 19.1. The van der Waals surface area contributed by atoms with E-state index in [0.29, 0.717) is 0 Å². The van der Waals surface area contributed by atoms with Gasteiger partial charge in [0.25, 0.3) is 0 Å². The van der Waals surface area contributed by atoms with E-state index in [1.54, 1.807) is 24.3 Å². The summed E-state index contributed by atoms with van der Waals surface area (Å²) < 4.78 is 12.7. The van der Waals surface area contributed by atoms with E-state index in [4.69, 9.17) is 9.97 Å². The number of hydrogen-bond donors (Lipinski definition) is 2. The van der Waals surface area contributed by atoms with Crippen molar-refractivity contribution < 1.29 is 10.2 Å². The third-order valence-electron chi connectivity index (χ3n) is 7.24. The highest BCUT2D eigenvalue weighted by molar-refractivity contribution is 7.10. The summed E-state index contributed by atoms with van der Waals surface area (Å²) >= 11 is 2.89. The summed E-state index contributed by atoms with van der Waals surface area (Å²) in [6, 6.07) is 30.4. The lowest BCUT2D eigenvalue weighted by atomic mass is 10.2. The largest absolute Gasteiger partial charge is 0.508 e. The number of para-hydroxylation sites is 4. The van der Waals surface area contributed by atoms with Crippen LogP contribution in [0.5, 0.6) is 11.5 Å². The molecule has 0 saturated heterocycles. The Labute approximate surface area is 261 Å². The summed E-state index contributed by atoms with van der Waals surface area (Å²) in [4.78, 5) is 11.7. The molecule has 0 saturated carbocycles. The third kappa shape index (κ3) is 5.00. The minimum atomic E-state index is 0.253. The molecule has 0 atom stereocenters. The van der Waals surface area contributed by atoms with Crippen LogP contribution in [0.3, 0.4) is 0 Å². The average Bonchev–Trinajstić information content (AvgIpc) is 3.83. The maximum atomic E-state index is 9.53. The lowest BCUT2D eigenvalue weighted by Crippen LogP contribution is -1.96. The maximum absolute atomic E-state index is 9.53. The molecule has 0 aliphatic heterocycles. The van der Waals surface area contributed by atoms with Crippen LogP contribution in [-0.2, 0) is 0 Å². The number of phenolic OH excluding ortho intramolecular Hbond substituents is 2. The van der Waals surface area contributed by atoms with Crippen LogP contribution in [0.2, 0.25) is 0 Å². The molecule has 0 bridgehead atoms. The van der Waals surface area contributed by atoms with E-state index < -0.39 is 0 Å². The molecule has 0 radical (unpaired) electrons. The van der Waals surface area contributed by atoms with Gasteiger partial charge >= 0.3 is 0 Å². The second kappa shape index (κ2) is 11.4. The standard InChI is InChI=1S/2C17H13N3OS/c2*1-11-10-18-22-16(11)17-19-14-4-2-3-5-15(14)20(17)12-6-8-13(21)9-7-12/h2*2-10,21H,1H3. The predicted molar refractivity (Wildman–Crippen MR) is 177 cm³/mol. The van der Waals surface area contributed by atoms with Crippen molar-refractivity contribution in [1.82, 2.24) is 27.8 Å². The van der Waals surface area contributed by atoms with Crippen molar-refractivity contribution >= 4 is 45.1 Å². The third-order valence-corrected chi connectivity index (χ3v) is 9.04. The zero-order valence-electron chi connectivity index (χ0n) is 23.8. The van der Waals surface area contributed by atoms with Crippen molar-refractivity contribution in [2.75, 3.05) is 0 Å². The van der Waals surface area contributed by atoms with Gasteiger partial charge in [-0.2, -0.15) is 0 Å². The van der Waals surface area contributed by atoms with E-state index in [1.807, 2.05) is 86.9 Å². The number of fused-ring (bicyclic) bond motifs is 2. The van der Waals surface area contributed by atoms with Crippen LogP contribution in [0.25, 0.3) is 54.8 Å². The van der Waals surface area contributed by atoms with Crippen molar-refractivity contribution in [2.45, 2.75) is 13.8 Å². The molecule has 0 fully saturated rings. The lowest BCUT2D eigenvalue weighted by molar-refractivity contribution is 0.474. The first-order valence-corrected chi connectivity index (χ1v) is 15.4. The number of aryl methyl sites for hydroxylation is 2. The Kier molecular flexibility index (Phi) is 7.13.